The summed E-state index contributed by atoms with van der Waals surface area (Å²) in [6, 6.07) is 0. The molecular weight excluding hydrogens is 316 g/mol. The van der Waals surface area contributed by atoms with E-state index in [1.54, 1.807) is 0 Å². The van der Waals surface area contributed by atoms with E-state index in [1.165, 1.54) is 0 Å². The lowest BCUT2D eigenvalue weighted by atomic mass is 10.2. The summed E-state index contributed by atoms with van der Waals surface area (Å²) in [5.74, 6) is 0. The Morgan fingerprint density at radius 3 is 1.76 bits per heavy atom. The van der Waals surface area contributed by atoms with E-state index in [9.17, 15) is 0 Å². The monoisotopic (exact) mass is 350 g/mol. The van der Waals surface area contributed by atoms with Gasteiger partial charge in [0.15, 0.2) is 31.2 Å². The maximum absolute atomic E-state index is 6.31. The smallest absolute Gasteiger partial charge is 0.187 e. The topological polar surface area (TPSA) is 36.9 Å². The van der Waals surface area contributed by atoms with E-state index in [2.05, 4.69) is 58.9 Å². The molecule has 126 valence electrons. The quantitative estimate of drug-likeness (QED) is 0.650. The lowest BCUT2D eigenvalue weighted by Gasteiger charge is -2.28. The van der Waals surface area contributed by atoms with Gasteiger partial charge in [-0.1, -0.05) is 0 Å². The van der Waals surface area contributed by atoms with Gasteiger partial charge in [-0.15, -0.1) is 0 Å². The first-order chi connectivity index (χ1) is 9.25. The van der Waals surface area contributed by atoms with Crippen molar-refractivity contribution in [1.82, 2.24) is 0 Å². The molecule has 0 spiro atoms. The number of hydrogen-bond donors (Lipinski definition) is 0. The van der Waals surface area contributed by atoms with Gasteiger partial charge in [0.2, 0.25) is 0 Å². The van der Waals surface area contributed by atoms with Crippen molar-refractivity contribution in [2.24, 2.45) is 0 Å². The van der Waals surface area contributed by atoms with Gasteiger partial charge in [-0.25, -0.2) is 0 Å². The molecular formula is C14H34O4Si3. The molecule has 1 heterocycles. The minimum Gasteiger partial charge on any atom is -0.415 e. The molecule has 0 radical (unpaired) electrons. The fourth-order valence-corrected chi connectivity index (χ4v) is 4.97. The van der Waals surface area contributed by atoms with Gasteiger partial charge in [-0.05, 0) is 58.9 Å². The number of rotatable bonds is 7. The molecule has 3 unspecified atom stereocenters. The molecule has 0 aliphatic carbocycles. The van der Waals surface area contributed by atoms with Gasteiger partial charge in [0.05, 0.1) is 12.7 Å². The van der Waals surface area contributed by atoms with Crippen LogP contribution in [0.4, 0.5) is 0 Å². The van der Waals surface area contributed by atoms with Crippen LogP contribution in [0.5, 0.6) is 0 Å². The second-order valence-corrected chi connectivity index (χ2v) is 22.2. The van der Waals surface area contributed by atoms with E-state index in [0.717, 1.165) is 6.42 Å². The zero-order valence-electron chi connectivity index (χ0n) is 15.3. The minimum absolute atomic E-state index is 0.00444. The summed E-state index contributed by atoms with van der Waals surface area (Å²) in [6.07, 6.45) is 0.807. The van der Waals surface area contributed by atoms with Gasteiger partial charge in [0.25, 0.3) is 0 Å². The largest absolute Gasteiger partial charge is 0.415 e. The van der Waals surface area contributed by atoms with Crippen molar-refractivity contribution in [3.63, 3.8) is 0 Å². The Morgan fingerprint density at radius 2 is 1.33 bits per heavy atom. The summed E-state index contributed by atoms with van der Waals surface area (Å²) in [6.45, 7) is 20.5. The molecule has 1 saturated heterocycles. The number of ether oxygens (including phenoxy) is 1. The zero-order valence-corrected chi connectivity index (χ0v) is 18.3. The van der Waals surface area contributed by atoms with Crippen molar-refractivity contribution in [2.45, 2.75) is 83.8 Å². The highest BCUT2D eigenvalue weighted by Gasteiger charge is 2.41. The van der Waals surface area contributed by atoms with Crippen LogP contribution in [0.3, 0.4) is 0 Å². The molecule has 0 amide bonds. The summed E-state index contributed by atoms with van der Waals surface area (Å²) < 4.78 is 24.6. The van der Waals surface area contributed by atoms with Crippen molar-refractivity contribution in [1.29, 1.82) is 0 Å². The molecule has 21 heavy (non-hydrogen) atoms. The van der Waals surface area contributed by atoms with Crippen LogP contribution < -0.4 is 0 Å². The highest BCUT2D eigenvalue weighted by molar-refractivity contribution is 6.70. The van der Waals surface area contributed by atoms with Crippen LogP contribution in [0.2, 0.25) is 58.9 Å². The standard InChI is InChI=1S/C14H34O4Si3/c1-19(2,3)15-11-13-12(17-20(4,5)6)10-14(16-13)18-21(7,8)9/h12-14H,10-11H2,1-9H3. The van der Waals surface area contributed by atoms with E-state index in [1.807, 2.05) is 0 Å². The normalized spacial score (nSPS) is 28.1. The molecule has 0 bridgehead atoms. The Bertz CT molecular complexity index is 331. The maximum atomic E-state index is 6.31. The molecule has 0 aromatic rings. The Morgan fingerprint density at radius 1 is 0.810 bits per heavy atom. The van der Waals surface area contributed by atoms with E-state index in [-0.39, 0.29) is 18.5 Å². The average Bonchev–Trinajstić information content (AvgIpc) is 2.50. The first-order valence-corrected chi connectivity index (χ1v) is 18.1. The molecule has 7 heteroatoms. The second-order valence-electron chi connectivity index (χ2n) is 8.76. The highest BCUT2D eigenvalue weighted by atomic mass is 28.4. The van der Waals surface area contributed by atoms with Crippen molar-refractivity contribution in [3.05, 3.63) is 0 Å². The maximum Gasteiger partial charge on any atom is 0.187 e. The van der Waals surface area contributed by atoms with Crippen LogP contribution in [-0.2, 0) is 18.0 Å². The lowest BCUT2D eigenvalue weighted by molar-refractivity contribution is -0.0941. The fraction of sp³-hybridized carbons (Fsp3) is 1.00. The first-order valence-electron chi connectivity index (χ1n) is 7.90. The molecule has 0 aromatic heterocycles. The summed E-state index contributed by atoms with van der Waals surface area (Å²) in [4.78, 5) is 0. The summed E-state index contributed by atoms with van der Waals surface area (Å²) in [5.41, 5.74) is 0. The average molecular weight is 351 g/mol. The van der Waals surface area contributed by atoms with Gasteiger partial charge in [-0.3, -0.25) is 0 Å². The second kappa shape index (κ2) is 6.94. The molecule has 0 saturated carbocycles. The Labute approximate surface area is 133 Å². The van der Waals surface area contributed by atoms with E-state index < -0.39 is 25.0 Å². The predicted molar refractivity (Wildman–Crippen MR) is 95.2 cm³/mol. The van der Waals surface area contributed by atoms with Gasteiger partial charge >= 0.3 is 0 Å². The Hall–Kier alpha value is 0.491. The van der Waals surface area contributed by atoms with Crippen LogP contribution in [0.25, 0.3) is 0 Å². The highest BCUT2D eigenvalue weighted by Crippen LogP contribution is 2.29. The Kier molecular flexibility index (Phi) is 6.46. The van der Waals surface area contributed by atoms with Crippen molar-refractivity contribution in [2.75, 3.05) is 6.61 Å². The first kappa shape index (κ1) is 19.5. The SMILES string of the molecule is C[Si](C)(C)OCC1OC(O[Si](C)(C)C)CC1O[Si](C)(C)C. The molecule has 1 aliphatic heterocycles. The summed E-state index contributed by atoms with van der Waals surface area (Å²) >= 11 is 0. The molecule has 1 fully saturated rings. The van der Waals surface area contributed by atoms with Gasteiger partial charge in [0.1, 0.15) is 6.10 Å². The molecule has 1 rings (SSSR count). The summed E-state index contributed by atoms with van der Waals surface area (Å²) in [5, 5.41) is 0. The third kappa shape index (κ3) is 8.63. The molecule has 0 N–H and O–H groups in total. The van der Waals surface area contributed by atoms with E-state index in [4.69, 9.17) is 18.0 Å². The van der Waals surface area contributed by atoms with Gasteiger partial charge in [0, 0.05) is 6.42 Å². The summed E-state index contributed by atoms with van der Waals surface area (Å²) in [7, 11) is -4.73. The molecule has 0 aromatic carbocycles. The minimum atomic E-state index is -1.60. The van der Waals surface area contributed by atoms with Crippen LogP contribution in [0.15, 0.2) is 0 Å². The zero-order chi connectivity index (χ0) is 16.5. The van der Waals surface area contributed by atoms with Crippen LogP contribution in [0.1, 0.15) is 6.42 Å². The molecule has 4 nitrogen and oxygen atoms in total. The van der Waals surface area contributed by atoms with E-state index in [0.29, 0.717) is 6.61 Å². The van der Waals surface area contributed by atoms with Crippen LogP contribution >= 0.6 is 0 Å². The van der Waals surface area contributed by atoms with Crippen LogP contribution in [-0.4, -0.2) is 50.1 Å². The lowest BCUT2D eigenvalue weighted by Crippen LogP contribution is -2.40. The van der Waals surface area contributed by atoms with Crippen molar-refractivity contribution in [3.8, 4) is 0 Å². The molecule has 1 aliphatic rings. The van der Waals surface area contributed by atoms with E-state index >= 15 is 0 Å². The van der Waals surface area contributed by atoms with Crippen molar-refractivity contribution < 1.29 is 18.0 Å². The van der Waals surface area contributed by atoms with Gasteiger partial charge in [-0.2, -0.15) is 0 Å². The van der Waals surface area contributed by atoms with Crippen molar-refractivity contribution >= 4 is 25.0 Å². The number of hydrogen-bond acceptors (Lipinski definition) is 4. The third-order valence-corrected chi connectivity index (χ3v) is 5.85. The van der Waals surface area contributed by atoms with Crippen LogP contribution in [0, 0.1) is 0 Å². The third-order valence-electron chi connectivity index (χ3n) is 2.84. The fourth-order valence-electron chi connectivity index (χ4n) is 2.21. The van der Waals surface area contributed by atoms with Gasteiger partial charge < -0.3 is 18.0 Å². The predicted octanol–water partition coefficient (Wildman–Crippen LogP) is 4.02. The molecule has 3 atom stereocenters. The Balaban J connectivity index is 2.66.